The first-order chi connectivity index (χ1) is 12.2. The highest BCUT2D eigenvalue weighted by molar-refractivity contribution is 5.41. The van der Waals surface area contributed by atoms with Gasteiger partial charge in [0.05, 0.1) is 22.7 Å². The Hall–Kier alpha value is -2.30. The molecular weight excluding hydrogens is 328 g/mol. The molecule has 0 radical (unpaired) electrons. The molecule has 4 heteroatoms. The van der Waals surface area contributed by atoms with Gasteiger partial charge in [-0.15, -0.1) is 0 Å². The van der Waals surface area contributed by atoms with Gasteiger partial charge in [0.1, 0.15) is 0 Å². The Morgan fingerprint density at radius 1 is 0.769 bits per heavy atom. The van der Waals surface area contributed by atoms with E-state index in [0.29, 0.717) is 12.8 Å². The number of hydrogen-bond acceptors (Lipinski definition) is 4. The van der Waals surface area contributed by atoms with Crippen molar-refractivity contribution in [2.45, 2.75) is 50.7 Å². The highest BCUT2D eigenvalue weighted by atomic mass is 16.3. The molecule has 2 aliphatic carbocycles. The van der Waals surface area contributed by atoms with Crippen molar-refractivity contribution in [3.8, 4) is 0 Å². The minimum Gasteiger partial charge on any atom is -0.512 e. The zero-order chi connectivity index (χ0) is 18.9. The van der Waals surface area contributed by atoms with E-state index >= 15 is 0 Å². The first kappa shape index (κ1) is 18.5. The van der Waals surface area contributed by atoms with E-state index in [-0.39, 0.29) is 24.4 Å². The van der Waals surface area contributed by atoms with E-state index in [4.69, 9.17) is 0 Å². The second kappa shape index (κ2) is 6.78. The van der Waals surface area contributed by atoms with Crippen molar-refractivity contribution in [1.82, 2.24) is 0 Å². The Balaban J connectivity index is 1.86. The van der Waals surface area contributed by atoms with E-state index in [1.54, 1.807) is 36.5 Å². The molecule has 26 heavy (non-hydrogen) atoms. The number of aliphatic hydroxyl groups is 4. The zero-order valence-electron chi connectivity index (χ0n) is 15.2. The van der Waals surface area contributed by atoms with Crippen molar-refractivity contribution in [3.63, 3.8) is 0 Å². The van der Waals surface area contributed by atoms with E-state index in [1.807, 2.05) is 19.9 Å². The second-order valence-corrected chi connectivity index (χ2v) is 7.65. The van der Waals surface area contributed by atoms with E-state index in [2.05, 4.69) is 6.07 Å². The van der Waals surface area contributed by atoms with Crippen LogP contribution in [0.4, 0.5) is 0 Å². The highest BCUT2D eigenvalue weighted by Crippen LogP contribution is 2.31. The molecule has 0 fully saturated rings. The van der Waals surface area contributed by atoms with Gasteiger partial charge in [0.15, 0.2) is 0 Å². The van der Waals surface area contributed by atoms with E-state index < -0.39 is 11.2 Å². The molecule has 1 aromatic carbocycles. The van der Waals surface area contributed by atoms with Crippen molar-refractivity contribution in [2.24, 2.45) is 0 Å². The predicted molar refractivity (Wildman–Crippen MR) is 102 cm³/mol. The molecule has 2 unspecified atom stereocenters. The molecule has 4 N–H and O–H groups in total. The fourth-order valence-corrected chi connectivity index (χ4v) is 3.77. The molecule has 0 saturated heterocycles. The maximum absolute atomic E-state index is 10.8. The maximum atomic E-state index is 10.8. The third kappa shape index (κ3) is 4.09. The van der Waals surface area contributed by atoms with Gasteiger partial charge in [0, 0.05) is 25.7 Å². The van der Waals surface area contributed by atoms with Crippen LogP contribution in [0.15, 0.2) is 60.1 Å². The SMILES string of the molecule is Cc1cc(C)c(CC2(O)C=CC=C(O)C2)cc1CC1(O)C=CC=C(O)C1. The smallest absolute Gasteiger partial charge is 0.0954 e. The lowest BCUT2D eigenvalue weighted by Crippen LogP contribution is -2.32. The quantitative estimate of drug-likeness (QED) is 0.665. The molecule has 0 saturated carbocycles. The first-order valence-corrected chi connectivity index (χ1v) is 8.87. The summed E-state index contributed by atoms with van der Waals surface area (Å²) < 4.78 is 0. The van der Waals surface area contributed by atoms with Crippen LogP contribution in [0.1, 0.15) is 35.1 Å². The Bertz CT molecular complexity index is 766. The fraction of sp³-hybridized carbons (Fsp3) is 0.364. The van der Waals surface area contributed by atoms with Crippen LogP contribution in [-0.4, -0.2) is 31.6 Å². The lowest BCUT2D eigenvalue weighted by molar-refractivity contribution is 0.0766. The van der Waals surface area contributed by atoms with Crippen LogP contribution in [0.25, 0.3) is 0 Å². The van der Waals surface area contributed by atoms with Gasteiger partial charge in [-0.1, -0.05) is 36.4 Å². The Morgan fingerprint density at radius 2 is 1.19 bits per heavy atom. The standard InChI is InChI=1S/C22H26O4/c1-15-9-16(2)18(12-22(26)8-4-6-20(24)14-22)10-17(15)11-21(25)7-3-5-19(23)13-21/h3-10,23-26H,11-14H2,1-2H3. The minimum absolute atomic E-state index is 0.170. The van der Waals surface area contributed by atoms with Crippen LogP contribution >= 0.6 is 0 Å². The van der Waals surface area contributed by atoms with Crippen molar-refractivity contribution in [2.75, 3.05) is 0 Å². The summed E-state index contributed by atoms with van der Waals surface area (Å²) >= 11 is 0. The molecule has 3 rings (SSSR count). The summed E-state index contributed by atoms with van der Waals surface area (Å²) in [5.74, 6) is 0.341. The second-order valence-electron chi connectivity index (χ2n) is 7.65. The molecule has 138 valence electrons. The van der Waals surface area contributed by atoms with E-state index in [1.165, 1.54) is 0 Å². The fourth-order valence-electron chi connectivity index (χ4n) is 3.77. The van der Waals surface area contributed by atoms with Crippen molar-refractivity contribution < 1.29 is 20.4 Å². The molecule has 0 amide bonds. The number of aryl methyl sites for hydroxylation is 2. The molecule has 1 aromatic rings. The van der Waals surface area contributed by atoms with Gasteiger partial charge in [-0.05, 0) is 48.3 Å². The Morgan fingerprint density at radius 3 is 1.58 bits per heavy atom. The monoisotopic (exact) mass is 354 g/mol. The van der Waals surface area contributed by atoms with Gasteiger partial charge < -0.3 is 20.4 Å². The average Bonchev–Trinajstić information content (AvgIpc) is 2.51. The summed E-state index contributed by atoms with van der Waals surface area (Å²) in [4.78, 5) is 0. The molecule has 4 nitrogen and oxygen atoms in total. The maximum Gasteiger partial charge on any atom is 0.0954 e. The molecule has 0 spiro atoms. The minimum atomic E-state index is -1.11. The normalized spacial score (nSPS) is 28.0. The topological polar surface area (TPSA) is 80.9 Å². The number of hydrogen-bond donors (Lipinski definition) is 4. The molecule has 0 aromatic heterocycles. The van der Waals surface area contributed by atoms with E-state index in [9.17, 15) is 20.4 Å². The summed E-state index contributed by atoms with van der Waals surface area (Å²) in [6.07, 6.45) is 11.1. The summed E-state index contributed by atoms with van der Waals surface area (Å²) in [5.41, 5.74) is 1.87. The van der Waals surface area contributed by atoms with Crippen LogP contribution in [0.2, 0.25) is 0 Å². The first-order valence-electron chi connectivity index (χ1n) is 8.87. The van der Waals surface area contributed by atoms with Crippen LogP contribution in [0.3, 0.4) is 0 Å². The van der Waals surface area contributed by atoms with Crippen LogP contribution in [0.5, 0.6) is 0 Å². The Kier molecular flexibility index (Phi) is 4.82. The predicted octanol–water partition coefficient (Wildman–Crippen LogP) is 3.65. The van der Waals surface area contributed by atoms with Crippen LogP contribution in [0, 0.1) is 13.8 Å². The van der Waals surface area contributed by atoms with Crippen molar-refractivity contribution in [3.05, 3.63) is 82.4 Å². The van der Waals surface area contributed by atoms with Gasteiger partial charge in [0.2, 0.25) is 0 Å². The molecule has 2 atom stereocenters. The van der Waals surface area contributed by atoms with Gasteiger partial charge in [-0.2, -0.15) is 0 Å². The summed E-state index contributed by atoms with van der Waals surface area (Å²) in [6.45, 7) is 4.00. The lowest BCUT2D eigenvalue weighted by Gasteiger charge is -2.29. The largest absolute Gasteiger partial charge is 0.512 e. The van der Waals surface area contributed by atoms with Crippen molar-refractivity contribution in [1.29, 1.82) is 0 Å². The number of aliphatic hydroxyl groups excluding tert-OH is 2. The number of rotatable bonds is 4. The third-order valence-electron chi connectivity index (χ3n) is 5.15. The summed E-state index contributed by atoms with van der Waals surface area (Å²) in [6, 6.07) is 4.08. The van der Waals surface area contributed by atoms with Crippen molar-refractivity contribution >= 4 is 0 Å². The molecule has 2 aliphatic rings. The van der Waals surface area contributed by atoms with Gasteiger partial charge >= 0.3 is 0 Å². The number of allylic oxidation sites excluding steroid dienone is 4. The molecule has 0 heterocycles. The van der Waals surface area contributed by atoms with Gasteiger partial charge in [-0.25, -0.2) is 0 Å². The molecular formula is C22H26O4. The highest BCUT2D eigenvalue weighted by Gasteiger charge is 2.30. The third-order valence-corrected chi connectivity index (χ3v) is 5.15. The molecule has 0 bridgehead atoms. The summed E-state index contributed by atoms with van der Waals surface area (Å²) in [5, 5.41) is 41.1. The Labute approximate surface area is 154 Å². The van der Waals surface area contributed by atoms with Crippen LogP contribution in [-0.2, 0) is 12.8 Å². The number of benzene rings is 1. The molecule has 0 aliphatic heterocycles. The zero-order valence-corrected chi connectivity index (χ0v) is 15.2. The van der Waals surface area contributed by atoms with Crippen LogP contribution < -0.4 is 0 Å². The van der Waals surface area contributed by atoms with Gasteiger partial charge in [-0.3, -0.25) is 0 Å². The van der Waals surface area contributed by atoms with Gasteiger partial charge in [0.25, 0.3) is 0 Å². The summed E-state index contributed by atoms with van der Waals surface area (Å²) in [7, 11) is 0. The lowest BCUT2D eigenvalue weighted by atomic mass is 9.82. The van der Waals surface area contributed by atoms with E-state index in [0.717, 1.165) is 22.3 Å². The average molecular weight is 354 g/mol.